The molecule has 1 aliphatic heterocycles. The highest BCUT2D eigenvalue weighted by atomic mass is 32.1. The van der Waals surface area contributed by atoms with Crippen LogP contribution in [0.1, 0.15) is 12.5 Å². The molecule has 0 saturated carbocycles. The second-order valence-corrected chi connectivity index (χ2v) is 5.45. The summed E-state index contributed by atoms with van der Waals surface area (Å²) >= 11 is 5.45. The van der Waals surface area contributed by atoms with Gasteiger partial charge in [-0.3, -0.25) is 0 Å². The Labute approximate surface area is 139 Å². The van der Waals surface area contributed by atoms with Crippen molar-refractivity contribution in [1.82, 2.24) is 5.32 Å². The number of anilines is 1. The lowest BCUT2D eigenvalue weighted by Crippen LogP contribution is -2.39. The zero-order valence-electron chi connectivity index (χ0n) is 12.7. The van der Waals surface area contributed by atoms with Crippen LogP contribution in [0.3, 0.4) is 0 Å². The van der Waals surface area contributed by atoms with Crippen LogP contribution in [0.25, 0.3) is 0 Å². The van der Waals surface area contributed by atoms with Crippen LogP contribution < -0.4 is 19.7 Å². The fourth-order valence-corrected chi connectivity index (χ4v) is 2.70. The van der Waals surface area contributed by atoms with E-state index in [0.717, 1.165) is 22.7 Å². The average molecular weight is 332 g/mol. The molecule has 2 aromatic carbocycles. The number of ether oxygens (including phenoxy) is 2. The van der Waals surface area contributed by atoms with Crippen molar-refractivity contribution in [3.8, 4) is 11.5 Å². The van der Waals surface area contributed by atoms with E-state index in [1.807, 2.05) is 30.0 Å². The van der Waals surface area contributed by atoms with Crippen molar-refractivity contribution in [2.24, 2.45) is 0 Å². The van der Waals surface area contributed by atoms with Gasteiger partial charge >= 0.3 is 0 Å². The summed E-state index contributed by atoms with van der Waals surface area (Å²) in [6.45, 7) is 3.53. The summed E-state index contributed by atoms with van der Waals surface area (Å²) in [6, 6.07) is 12.1. The monoisotopic (exact) mass is 332 g/mol. The maximum absolute atomic E-state index is 13.0. The fourth-order valence-electron chi connectivity index (χ4n) is 2.39. The van der Waals surface area contributed by atoms with E-state index in [-0.39, 0.29) is 12.6 Å². The second kappa shape index (κ2) is 6.83. The van der Waals surface area contributed by atoms with Crippen molar-refractivity contribution in [2.75, 3.05) is 18.2 Å². The van der Waals surface area contributed by atoms with Crippen LogP contribution in [-0.2, 0) is 6.54 Å². The molecule has 0 saturated heterocycles. The molecule has 1 heterocycles. The van der Waals surface area contributed by atoms with Gasteiger partial charge < -0.3 is 19.7 Å². The molecular weight excluding hydrogens is 315 g/mol. The van der Waals surface area contributed by atoms with Gasteiger partial charge in [-0.2, -0.15) is 0 Å². The zero-order chi connectivity index (χ0) is 16.2. The number of rotatable bonds is 4. The zero-order valence-corrected chi connectivity index (χ0v) is 13.5. The van der Waals surface area contributed by atoms with Gasteiger partial charge in [-0.15, -0.1) is 0 Å². The summed E-state index contributed by atoms with van der Waals surface area (Å²) in [5, 5.41) is 3.82. The molecule has 0 bridgehead atoms. The third kappa shape index (κ3) is 3.53. The molecule has 6 heteroatoms. The van der Waals surface area contributed by atoms with Crippen LogP contribution in [0.2, 0.25) is 0 Å². The number of hydrogen-bond acceptors (Lipinski definition) is 3. The molecule has 1 aliphatic rings. The summed E-state index contributed by atoms with van der Waals surface area (Å²) < 4.78 is 23.7. The first-order chi connectivity index (χ1) is 11.2. The first kappa shape index (κ1) is 15.6. The quantitative estimate of drug-likeness (QED) is 0.867. The third-order valence-corrected chi connectivity index (χ3v) is 3.95. The van der Waals surface area contributed by atoms with Crippen molar-refractivity contribution in [1.29, 1.82) is 0 Å². The van der Waals surface area contributed by atoms with E-state index in [1.165, 1.54) is 12.1 Å². The van der Waals surface area contributed by atoms with E-state index in [2.05, 4.69) is 5.32 Å². The highest BCUT2D eigenvalue weighted by Crippen LogP contribution is 2.32. The van der Waals surface area contributed by atoms with Crippen molar-refractivity contribution in [3.63, 3.8) is 0 Å². The van der Waals surface area contributed by atoms with Gasteiger partial charge in [-0.1, -0.05) is 6.07 Å². The lowest BCUT2D eigenvalue weighted by atomic mass is 10.2. The summed E-state index contributed by atoms with van der Waals surface area (Å²) in [4.78, 5) is 1.92. The van der Waals surface area contributed by atoms with Crippen molar-refractivity contribution in [2.45, 2.75) is 13.5 Å². The highest BCUT2D eigenvalue weighted by molar-refractivity contribution is 7.80. The highest BCUT2D eigenvalue weighted by Gasteiger charge is 2.14. The molecule has 0 amide bonds. The van der Waals surface area contributed by atoms with E-state index in [4.69, 9.17) is 21.7 Å². The SMILES string of the molecule is CCN(C(=S)NCc1ccc2c(c1)OCO2)c1ccc(F)cc1. The summed E-state index contributed by atoms with van der Waals surface area (Å²) in [6.07, 6.45) is 0. The van der Waals surface area contributed by atoms with Crippen LogP contribution >= 0.6 is 12.2 Å². The molecule has 0 unspecified atom stereocenters. The number of hydrogen-bond donors (Lipinski definition) is 1. The Morgan fingerprint density at radius 3 is 2.65 bits per heavy atom. The summed E-state index contributed by atoms with van der Waals surface area (Å²) in [5.74, 6) is 1.25. The Morgan fingerprint density at radius 2 is 1.91 bits per heavy atom. The number of nitrogens with zero attached hydrogens (tertiary/aromatic N) is 1. The number of nitrogens with one attached hydrogen (secondary N) is 1. The number of thiocarbonyl (C=S) groups is 1. The molecule has 120 valence electrons. The van der Waals surface area contributed by atoms with Crippen molar-refractivity contribution in [3.05, 3.63) is 53.8 Å². The normalized spacial score (nSPS) is 12.1. The van der Waals surface area contributed by atoms with E-state index in [9.17, 15) is 4.39 Å². The molecule has 0 radical (unpaired) electrons. The van der Waals surface area contributed by atoms with Gasteiger partial charge in [0.25, 0.3) is 0 Å². The van der Waals surface area contributed by atoms with E-state index >= 15 is 0 Å². The number of halogens is 1. The van der Waals surface area contributed by atoms with Crippen molar-refractivity contribution < 1.29 is 13.9 Å². The molecule has 2 aromatic rings. The molecule has 0 fully saturated rings. The van der Waals surface area contributed by atoms with Crippen LogP contribution in [-0.4, -0.2) is 18.5 Å². The lowest BCUT2D eigenvalue weighted by Gasteiger charge is -2.24. The fraction of sp³-hybridized carbons (Fsp3) is 0.235. The third-order valence-electron chi connectivity index (χ3n) is 3.58. The topological polar surface area (TPSA) is 33.7 Å². The van der Waals surface area contributed by atoms with Gasteiger partial charge in [0.05, 0.1) is 0 Å². The predicted octanol–water partition coefficient (Wildman–Crippen LogP) is 3.46. The van der Waals surface area contributed by atoms with E-state index in [0.29, 0.717) is 18.2 Å². The number of benzene rings is 2. The Balaban J connectivity index is 1.64. The average Bonchev–Trinajstić information content (AvgIpc) is 3.03. The molecule has 1 N–H and O–H groups in total. The molecule has 0 aliphatic carbocycles. The van der Waals surface area contributed by atoms with Crippen LogP contribution in [0.5, 0.6) is 11.5 Å². The molecule has 3 rings (SSSR count). The van der Waals surface area contributed by atoms with Crippen LogP contribution in [0.4, 0.5) is 10.1 Å². The van der Waals surface area contributed by atoms with Gasteiger partial charge in [0.2, 0.25) is 6.79 Å². The largest absolute Gasteiger partial charge is 0.454 e. The lowest BCUT2D eigenvalue weighted by molar-refractivity contribution is 0.174. The minimum atomic E-state index is -0.260. The van der Waals surface area contributed by atoms with Gasteiger partial charge in [0.15, 0.2) is 16.6 Å². The van der Waals surface area contributed by atoms with Gasteiger partial charge in [0.1, 0.15) is 5.82 Å². The molecule has 4 nitrogen and oxygen atoms in total. The maximum atomic E-state index is 13.0. The van der Waals surface area contributed by atoms with Gasteiger partial charge in [0, 0.05) is 18.8 Å². The molecule has 23 heavy (non-hydrogen) atoms. The van der Waals surface area contributed by atoms with Crippen LogP contribution in [0.15, 0.2) is 42.5 Å². The van der Waals surface area contributed by atoms with E-state index < -0.39 is 0 Å². The standard InChI is InChI=1S/C17H17FN2O2S/c1-2-20(14-6-4-13(18)5-7-14)17(23)19-10-12-3-8-15-16(9-12)22-11-21-15/h3-9H,2,10-11H2,1H3,(H,19,23). The minimum absolute atomic E-state index is 0.260. The first-order valence-electron chi connectivity index (χ1n) is 7.37. The molecule has 0 aromatic heterocycles. The van der Waals surface area contributed by atoms with E-state index in [1.54, 1.807) is 12.1 Å². The molecule has 0 spiro atoms. The Bertz CT molecular complexity index is 706. The van der Waals surface area contributed by atoms with Crippen molar-refractivity contribution >= 4 is 23.0 Å². The predicted molar refractivity (Wildman–Crippen MR) is 91.4 cm³/mol. The van der Waals surface area contributed by atoms with Gasteiger partial charge in [-0.25, -0.2) is 4.39 Å². The Kier molecular flexibility index (Phi) is 4.62. The molecule has 0 atom stereocenters. The Morgan fingerprint density at radius 1 is 1.17 bits per heavy atom. The smallest absolute Gasteiger partial charge is 0.231 e. The van der Waals surface area contributed by atoms with Crippen LogP contribution in [0, 0.1) is 5.82 Å². The Hall–Kier alpha value is -2.34. The summed E-state index contributed by atoms with van der Waals surface area (Å²) in [7, 11) is 0. The molecular formula is C17H17FN2O2S. The maximum Gasteiger partial charge on any atom is 0.231 e. The second-order valence-electron chi connectivity index (χ2n) is 5.07. The number of fused-ring (bicyclic) bond motifs is 1. The first-order valence-corrected chi connectivity index (χ1v) is 7.77. The van der Waals surface area contributed by atoms with Gasteiger partial charge in [-0.05, 0) is 61.1 Å². The summed E-state index contributed by atoms with van der Waals surface area (Å²) in [5.41, 5.74) is 1.91. The minimum Gasteiger partial charge on any atom is -0.454 e.